The molecule has 0 unspecified atom stereocenters. The van der Waals surface area contributed by atoms with Crippen LogP contribution >= 0.6 is 0 Å². The molecule has 1 aliphatic rings. The molecule has 0 bridgehead atoms. The summed E-state index contributed by atoms with van der Waals surface area (Å²) in [6.07, 6.45) is -4.82. The monoisotopic (exact) mass is 486 g/mol. The Bertz CT molecular complexity index is 1160. The Kier molecular flexibility index (Phi) is 6.29. The van der Waals surface area contributed by atoms with E-state index in [2.05, 4.69) is 10.1 Å². The van der Waals surface area contributed by atoms with E-state index in [1.54, 1.807) is 48.5 Å². The molecule has 0 saturated carbocycles. The van der Waals surface area contributed by atoms with Gasteiger partial charge in [0, 0.05) is 0 Å². The number of benzene rings is 3. The molecule has 0 atom stereocenters. The first-order chi connectivity index (χ1) is 16.7. The highest BCUT2D eigenvalue weighted by Crippen LogP contribution is 2.38. The highest BCUT2D eigenvalue weighted by molar-refractivity contribution is 6.09. The molecule has 0 radical (unpaired) electrons. The van der Waals surface area contributed by atoms with E-state index < -0.39 is 29.6 Å². The SMILES string of the molecule is COc1ccc(C2(c3ccc(OC)cc3)NC(=O)N(Cc3ccc(OC(F)(F)F)cc3)C2=O)cc1. The van der Waals surface area contributed by atoms with E-state index in [1.165, 1.54) is 26.4 Å². The van der Waals surface area contributed by atoms with Crippen molar-refractivity contribution in [2.24, 2.45) is 0 Å². The zero-order valence-corrected chi connectivity index (χ0v) is 18.8. The number of hydrogen-bond donors (Lipinski definition) is 1. The zero-order valence-electron chi connectivity index (χ0n) is 18.8. The van der Waals surface area contributed by atoms with Gasteiger partial charge in [-0.05, 0) is 53.1 Å². The summed E-state index contributed by atoms with van der Waals surface area (Å²) >= 11 is 0. The Morgan fingerprint density at radius 3 is 1.66 bits per heavy atom. The van der Waals surface area contributed by atoms with Gasteiger partial charge in [0.25, 0.3) is 5.91 Å². The molecule has 1 fully saturated rings. The minimum Gasteiger partial charge on any atom is -0.497 e. The number of ether oxygens (including phenoxy) is 3. The second-order valence-corrected chi connectivity index (χ2v) is 7.72. The standard InChI is InChI=1S/C25H21F3N2O5/c1-33-19-11-5-17(6-12-19)24(18-7-13-20(34-2)14-8-18)22(31)30(23(32)29-24)15-16-3-9-21(10-4-16)35-25(26,27)28/h3-14H,15H2,1-2H3,(H,29,32). The van der Waals surface area contributed by atoms with Crippen LogP contribution in [0.3, 0.4) is 0 Å². The van der Waals surface area contributed by atoms with E-state index in [0.29, 0.717) is 28.2 Å². The molecule has 0 aromatic heterocycles. The Hall–Kier alpha value is -4.21. The first kappa shape index (κ1) is 23.9. The van der Waals surface area contributed by atoms with Gasteiger partial charge >= 0.3 is 12.4 Å². The number of imide groups is 1. The number of carbonyl (C=O) groups is 2. The summed E-state index contributed by atoms with van der Waals surface area (Å²) in [5, 5.41) is 2.82. The number of nitrogens with one attached hydrogen (secondary N) is 1. The van der Waals surface area contributed by atoms with Crippen LogP contribution in [0.25, 0.3) is 0 Å². The van der Waals surface area contributed by atoms with Crippen LogP contribution in [0.5, 0.6) is 17.2 Å². The predicted molar refractivity (Wildman–Crippen MR) is 119 cm³/mol. The zero-order chi connectivity index (χ0) is 25.2. The van der Waals surface area contributed by atoms with Crippen LogP contribution in [0.4, 0.5) is 18.0 Å². The molecule has 35 heavy (non-hydrogen) atoms. The van der Waals surface area contributed by atoms with Gasteiger partial charge in [0.05, 0.1) is 20.8 Å². The Balaban J connectivity index is 1.69. The number of nitrogens with zero attached hydrogens (tertiary/aromatic N) is 1. The molecule has 1 heterocycles. The second kappa shape index (κ2) is 9.21. The average molecular weight is 486 g/mol. The number of amides is 3. The third kappa shape index (κ3) is 4.72. The molecule has 1 aliphatic heterocycles. The summed E-state index contributed by atoms with van der Waals surface area (Å²) < 4.78 is 51.6. The lowest BCUT2D eigenvalue weighted by molar-refractivity contribution is -0.274. The molecule has 3 aromatic carbocycles. The topological polar surface area (TPSA) is 77.1 Å². The number of alkyl halides is 3. The van der Waals surface area contributed by atoms with Crippen LogP contribution in [-0.4, -0.2) is 37.4 Å². The third-order valence-electron chi connectivity index (χ3n) is 5.65. The minimum absolute atomic E-state index is 0.148. The van der Waals surface area contributed by atoms with E-state index in [9.17, 15) is 22.8 Å². The predicted octanol–water partition coefficient (Wildman–Crippen LogP) is 4.60. The van der Waals surface area contributed by atoms with Crippen molar-refractivity contribution in [2.45, 2.75) is 18.4 Å². The maximum Gasteiger partial charge on any atom is 0.573 e. The maximum atomic E-state index is 13.8. The van der Waals surface area contributed by atoms with Crippen molar-refractivity contribution in [2.75, 3.05) is 14.2 Å². The van der Waals surface area contributed by atoms with Crippen LogP contribution in [0.15, 0.2) is 72.8 Å². The molecule has 10 heteroatoms. The third-order valence-corrected chi connectivity index (χ3v) is 5.65. The van der Waals surface area contributed by atoms with E-state index in [1.807, 2.05) is 0 Å². The molecule has 4 rings (SSSR count). The normalized spacial score (nSPS) is 15.1. The van der Waals surface area contributed by atoms with Crippen molar-refractivity contribution in [3.05, 3.63) is 89.5 Å². The van der Waals surface area contributed by atoms with Gasteiger partial charge in [-0.3, -0.25) is 9.69 Å². The molecule has 1 saturated heterocycles. The molecule has 3 aromatic rings. The van der Waals surface area contributed by atoms with Gasteiger partial charge in [-0.15, -0.1) is 13.2 Å². The molecule has 182 valence electrons. The van der Waals surface area contributed by atoms with Crippen molar-refractivity contribution in [3.8, 4) is 17.2 Å². The summed E-state index contributed by atoms with van der Waals surface area (Å²) in [6, 6.07) is 17.8. The van der Waals surface area contributed by atoms with Crippen LogP contribution < -0.4 is 19.5 Å². The molecule has 7 nitrogen and oxygen atoms in total. The van der Waals surface area contributed by atoms with Crippen molar-refractivity contribution in [3.63, 3.8) is 0 Å². The number of urea groups is 1. The minimum atomic E-state index is -4.82. The second-order valence-electron chi connectivity index (χ2n) is 7.72. The van der Waals surface area contributed by atoms with Crippen molar-refractivity contribution in [1.29, 1.82) is 0 Å². The van der Waals surface area contributed by atoms with Gasteiger partial charge in [-0.25, -0.2) is 4.79 Å². The van der Waals surface area contributed by atoms with Gasteiger partial charge in [0.2, 0.25) is 0 Å². The molecule has 0 aliphatic carbocycles. The van der Waals surface area contributed by atoms with Gasteiger partial charge in [0.15, 0.2) is 5.54 Å². The molecular formula is C25H21F3N2O5. The highest BCUT2D eigenvalue weighted by atomic mass is 19.4. The van der Waals surface area contributed by atoms with E-state index in [4.69, 9.17) is 9.47 Å². The number of hydrogen-bond acceptors (Lipinski definition) is 5. The summed E-state index contributed by atoms with van der Waals surface area (Å²) in [6.45, 7) is -0.148. The maximum absolute atomic E-state index is 13.8. The number of carbonyl (C=O) groups excluding carboxylic acids is 2. The lowest BCUT2D eigenvalue weighted by Gasteiger charge is -2.28. The summed E-state index contributed by atoms with van der Waals surface area (Å²) in [4.78, 5) is 27.9. The van der Waals surface area contributed by atoms with Crippen molar-refractivity contribution in [1.82, 2.24) is 10.2 Å². The van der Waals surface area contributed by atoms with Gasteiger partial charge in [0.1, 0.15) is 17.2 Å². The Labute approximate surface area is 199 Å². The molecule has 1 N–H and O–H groups in total. The van der Waals surface area contributed by atoms with Crippen LogP contribution in [0.1, 0.15) is 16.7 Å². The lowest BCUT2D eigenvalue weighted by Crippen LogP contribution is -2.45. The fourth-order valence-corrected chi connectivity index (χ4v) is 3.94. The van der Waals surface area contributed by atoms with Gasteiger partial charge in [-0.1, -0.05) is 36.4 Å². The summed E-state index contributed by atoms with van der Waals surface area (Å²) in [5.74, 6) is 0.222. The van der Waals surface area contributed by atoms with Crippen LogP contribution in [-0.2, 0) is 16.9 Å². The summed E-state index contributed by atoms with van der Waals surface area (Å²) in [5.41, 5.74) is -0.0469. The van der Waals surface area contributed by atoms with Crippen molar-refractivity contribution >= 4 is 11.9 Å². The van der Waals surface area contributed by atoms with E-state index >= 15 is 0 Å². The fourth-order valence-electron chi connectivity index (χ4n) is 3.94. The number of methoxy groups -OCH3 is 2. The number of rotatable bonds is 7. The fraction of sp³-hybridized carbons (Fsp3) is 0.200. The Morgan fingerprint density at radius 1 is 0.771 bits per heavy atom. The van der Waals surface area contributed by atoms with Crippen LogP contribution in [0, 0.1) is 0 Å². The lowest BCUT2D eigenvalue weighted by atomic mass is 9.82. The van der Waals surface area contributed by atoms with Gasteiger partial charge < -0.3 is 19.5 Å². The largest absolute Gasteiger partial charge is 0.573 e. The van der Waals surface area contributed by atoms with Crippen molar-refractivity contribution < 1.29 is 37.0 Å². The van der Waals surface area contributed by atoms with E-state index in [-0.39, 0.29) is 6.54 Å². The quantitative estimate of drug-likeness (QED) is 0.494. The number of halogens is 3. The van der Waals surface area contributed by atoms with Gasteiger partial charge in [-0.2, -0.15) is 0 Å². The highest BCUT2D eigenvalue weighted by Gasteiger charge is 2.53. The molecule has 0 spiro atoms. The van der Waals surface area contributed by atoms with Crippen LogP contribution in [0.2, 0.25) is 0 Å². The first-order valence-corrected chi connectivity index (χ1v) is 10.4. The first-order valence-electron chi connectivity index (χ1n) is 10.4. The summed E-state index contributed by atoms with van der Waals surface area (Å²) in [7, 11) is 3.03. The average Bonchev–Trinajstić information content (AvgIpc) is 3.10. The molecule has 3 amide bonds. The molecular weight excluding hydrogens is 465 g/mol. The smallest absolute Gasteiger partial charge is 0.497 e. The van der Waals surface area contributed by atoms with E-state index in [0.717, 1.165) is 17.0 Å². The Morgan fingerprint density at radius 2 is 1.23 bits per heavy atom.